The number of aliphatic carboxylic acids is 1. The molecule has 1 heterocycles. The first-order chi connectivity index (χ1) is 12.0. The van der Waals surface area contributed by atoms with Crippen molar-refractivity contribution in [2.24, 2.45) is 0 Å². The van der Waals surface area contributed by atoms with Gasteiger partial charge in [-0.1, -0.05) is 29.0 Å². The van der Waals surface area contributed by atoms with Crippen LogP contribution in [0.4, 0.5) is 0 Å². The minimum Gasteiger partial charge on any atom is -0.480 e. The van der Waals surface area contributed by atoms with Gasteiger partial charge in [-0.15, -0.1) is 16.9 Å². The largest absolute Gasteiger partial charge is 0.480 e. The van der Waals surface area contributed by atoms with E-state index >= 15 is 0 Å². The normalized spacial score (nSPS) is 10.3. The van der Waals surface area contributed by atoms with Gasteiger partial charge in [-0.2, -0.15) is 0 Å². The Morgan fingerprint density at radius 1 is 1.32 bits per heavy atom. The maximum Gasteiger partial charge on any atom is 0.325 e. The van der Waals surface area contributed by atoms with Gasteiger partial charge in [-0.05, 0) is 26.0 Å². The number of nitrogens with one attached hydrogen (secondary N) is 1. The van der Waals surface area contributed by atoms with Gasteiger partial charge in [0.05, 0.1) is 18.3 Å². The molecule has 0 aliphatic heterocycles. The first-order valence-electron chi connectivity index (χ1n) is 7.70. The predicted octanol–water partition coefficient (Wildman–Crippen LogP) is 2.35. The van der Waals surface area contributed by atoms with E-state index in [1.165, 1.54) is 16.5 Å². The summed E-state index contributed by atoms with van der Waals surface area (Å²) >= 11 is 1.60. The van der Waals surface area contributed by atoms with Crippen molar-refractivity contribution in [3.05, 3.63) is 53.4 Å². The Labute approximate surface area is 150 Å². The molecule has 7 nitrogen and oxygen atoms in total. The minimum absolute atomic E-state index is 0.186. The number of benzene rings is 1. The summed E-state index contributed by atoms with van der Waals surface area (Å²) in [5.74, 6) is -0.397. The molecule has 0 saturated heterocycles. The number of amides is 1. The molecular weight excluding hydrogens is 340 g/mol. The molecule has 1 amide bonds. The van der Waals surface area contributed by atoms with Gasteiger partial charge in [-0.25, -0.2) is 4.68 Å². The van der Waals surface area contributed by atoms with Gasteiger partial charge in [0.15, 0.2) is 0 Å². The fourth-order valence-corrected chi connectivity index (χ4v) is 3.07. The third-order valence-corrected chi connectivity index (χ3v) is 4.18. The Morgan fingerprint density at radius 2 is 2.08 bits per heavy atom. The highest BCUT2D eigenvalue weighted by Crippen LogP contribution is 2.23. The molecule has 1 aromatic heterocycles. The lowest BCUT2D eigenvalue weighted by molar-refractivity contribution is -0.137. The molecule has 0 bridgehead atoms. The third-order valence-electron chi connectivity index (χ3n) is 3.18. The van der Waals surface area contributed by atoms with Gasteiger partial charge in [-0.3, -0.25) is 9.59 Å². The number of carboxylic acid groups (broad SMARTS) is 1. The molecule has 0 saturated carbocycles. The first-order valence-corrected chi connectivity index (χ1v) is 8.68. The van der Waals surface area contributed by atoms with Crippen molar-refractivity contribution in [3.8, 4) is 0 Å². The monoisotopic (exact) mass is 360 g/mol. The fourth-order valence-electron chi connectivity index (χ4n) is 1.98. The van der Waals surface area contributed by atoms with E-state index in [2.05, 4.69) is 21.7 Å². The highest BCUT2D eigenvalue weighted by Gasteiger charge is 2.12. The van der Waals surface area contributed by atoms with Gasteiger partial charge in [0.1, 0.15) is 12.2 Å². The number of nitrogens with zero attached hydrogens (tertiary/aromatic N) is 3. The molecule has 8 heteroatoms. The molecule has 132 valence electrons. The lowest BCUT2D eigenvalue weighted by atomic mass is 10.2. The lowest BCUT2D eigenvalue weighted by Gasteiger charge is -2.08. The molecule has 0 spiro atoms. The number of hydrogen-bond acceptors (Lipinski definition) is 5. The topological polar surface area (TPSA) is 97.1 Å². The summed E-state index contributed by atoms with van der Waals surface area (Å²) in [5.41, 5.74) is 2.34. The van der Waals surface area contributed by atoms with Gasteiger partial charge < -0.3 is 10.4 Å². The molecule has 0 radical (unpaired) electrons. The average molecular weight is 360 g/mol. The molecule has 1 aromatic carbocycles. The zero-order chi connectivity index (χ0) is 18.2. The van der Waals surface area contributed by atoms with Crippen molar-refractivity contribution in [3.63, 3.8) is 0 Å². The van der Waals surface area contributed by atoms with Crippen molar-refractivity contribution >= 4 is 23.6 Å². The Morgan fingerprint density at radius 3 is 2.80 bits per heavy atom. The van der Waals surface area contributed by atoms with E-state index in [0.29, 0.717) is 11.3 Å². The molecular formula is C17H20N4O3S. The van der Waals surface area contributed by atoms with E-state index in [9.17, 15) is 9.59 Å². The molecule has 2 rings (SSSR count). The van der Waals surface area contributed by atoms with Crippen molar-refractivity contribution in [2.45, 2.75) is 31.8 Å². The van der Waals surface area contributed by atoms with Crippen LogP contribution in [0.3, 0.4) is 0 Å². The first kappa shape index (κ1) is 18.7. The second kappa shape index (κ2) is 9.03. The number of aromatic nitrogens is 3. The maximum absolute atomic E-state index is 12.4. The van der Waals surface area contributed by atoms with E-state index in [1.54, 1.807) is 17.8 Å². The standard InChI is InChI=1S/C17H20N4O3S/c1-12(2)7-8-25-15-6-4-3-5-14(15)17(24)18-9-13-10-21(20-19-13)11-16(22)23/h3-7,10H,8-9,11H2,1-2H3,(H,18,24)(H,22,23). The number of rotatable bonds is 8. The predicted molar refractivity (Wildman–Crippen MR) is 95.4 cm³/mol. The fraction of sp³-hybridized carbons (Fsp3) is 0.294. The van der Waals surface area contributed by atoms with Crippen molar-refractivity contribution in [2.75, 3.05) is 5.75 Å². The zero-order valence-corrected chi connectivity index (χ0v) is 14.9. The lowest BCUT2D eigenvalue weighted by Crippen LogP contribution is -2.23. The van der Waals surface area contributed by atoms with Crippen LogP contribution in [0.2, 0.25) is 0 Å². The van der Waals surface area contributed by atoms with Crippen LogP contribution in [-0.4, -0.2) is 37.7 Å². The number of carboxylic acids is 1. The van der Waals surface area contributed by atoms with Gasteiger partial charge in [0.25, 0.3) is 5.91 Å². The van der Waals surface area contributed by atoms with Crippen molar-refractivity contribution < 1.29 is 14.7 Å². The van der Waals surface area contributed by atoms with E-state index in [-0.39, 0.29) is 19.0 Å². The highest BCUT2D eigenvalue weighted by molar-refractivity contribution is 7.99. The summed E-state index contributed by atoms with van der Waals surface area (Å²) in [4.78, 5) is 24.0. The highest BCUT2D eigenvalue weighted by atomic mass is 32.2. The number of allylic oxidation sites excluding steroid dienone is 1. The van der Waals surface area contributed by atoms with Crippen LogP contribution in [0.1, 0.15) is 29.9 Å². The van der Waals surface area contributed by atoms with E-state index in [4.69, 9.17) is 5.11 Å². The number of carbonyl (C=O) groups excluding carboxylic acids is 1. The summed E-state index contributed by atoms with van der Waals surface area (Å²) in [7, 11) is 0. The summed E-state index contributed by atoms with van der Waals surface area (Å²) in [6, 6.07) is 7.42. The third kappa shape index (κ3) is 6.07. The molecule has 2 aromatic rings. The van der Waals surface area contributed by atoms with Crippen LogP contribution >= 0.6 is 11.8 Å². The molecule has 2 N–H and O–H groups in total. The van der Waals surface area contributed by atoms with Crippen LogP contribution < -0.4 is 5.32 Å². The summed E-state index contributed by atoms with van der Waals surface area (Å²) in [5, 5.41) is 19.1. The Kier molecular flexibility index (Phi) is 6.76. The molecule has 0 aliphatic rings. The molecule has 0 atom stereocenters. The van der Waals surface area contributed by atoms with Crippen molar-refractivity contribution in [1.29, 1.82) is 0 Å². The van der Waals surface area contributed by atoms with E-state index in [0.717, 1.165) is 10.6 Å². The van der Waals surface area contributed by atoms with E-state index < -0.39 is 5.97 Å². The molecule has 25 heavy (non-hydrogen) atoms. The van der Waals surface area contributed by atoms with Crippen molar-refractivity contribution in [1.82, 2.24) is 20.3 Å². The molecule has 0 aliphatic carbocycles. The van der Waals surface area contributed by atoms with Crippen LogP contribution in [-0.2, 0) is 17.9 Å². The Hall–Kier alpha value is -2.61. The summed E-state index contributed by atoms with van der Waals surface area (Å²) < 4.78 is 1.22. The van der Waals surface area contributed by atoms with Crippen LogP contribution in [0.15, 0.2) is 47.0 Å². The summed E-state index contributed by atoms with van der Waals surface area (Å²) in [6.07, 6.45) is 3.62. The van der Waals surface area contributed by atoms with Gasteiger partial charge in [0, 0.05) is 10.6 Å². The second-order valence-corrected chi connectivity index (χ2v) is 6.63. The van der Waals surface area contributed by atoms with Crippen LogP contribution in [0, 0.1) is 0 Å². The smallest absolute Gasteiger partial charge is 0.325 e. The van der Waals surface area contributed by atoms with Gasteiger partial charge >= 0.3 is 5.97 Å². The molecule has 0 unspecified atom stereocenters. The summed E-state index contributed by atoms with van der Waals surface area (Å²) in [6.45, 7) is 4.00. The Balaban J connectivity index is 1.97. The van der Waals surface area contributed by atoms with Crippen LogP contribution in [0.5, 0.6) is 0 Å². The minimum atomic E-state index is -0.997. The maximum atomic E-state index is 12.4. The van der Waals surface area contributed by atoms with Gasteiger partial charge in [0.2, 0.25) is 0 Å². The van der Waals surface area contributed by atoms with Crippen LogP contribution in [0.25, 0.3) is 0 Å². The molecule has 0 fully saturated rings. The zero-order valence-electron chi connectivity index (χ0n) is 14.1. The van der Waals surface area contributed by atoms with E-state index in [1.807, 2.05) is 32.0 Å². The second-order valence-electron chi connectivity index (χ2n) is 5.57. The SMILES string of the molecule is CC(C)=CCSc1ccccc1C(=O)NCc1cn(CC(=O)O)nn1. The quantitative estimate of drug-likeness (QED) is 0.554. The average Bonchev–Trinajstić information content (AvgIpc) is 2.99. The Bertz CT molecular complexity index is 782. The number of carbonyl (C=O) groups is 2. The number of thioether (sulfide) groups is 1. The number of hydrogen-bond donors (Lipinski definition) is 2.